The van der Waals surface area contributed by atoms with Crippen molar-refractivity contribution in [3.05, 3.63) is 0 Å². The third-order valence-electron chi connectivity index (χ3n) is 4.44. The van der Waals surface area contributed by atoms with Crippen molar-refractivity contribution in [1.82, 2.24) is 9.62 Å². The van der Waals surface area contributed by atoms with E-state index in [1.54, 1.807) is 0 Å². The Balaban J connectivity index is 2.04. The van der Waals surface area contributed by atoms with E-state index in [0.29, 0.717) is 19.4 Å². The Kier molecular flexibility index (Phi) is 4.30. The summed E-state index contributed by atoms with van der Waals surface area (Å²) in [6, 6.07) is 0. The predicted molar refractivity (Wildman–Crippen MR) is 76.0 cm³/mol. The molecule has 2 fully saturated rings. The number of hydrogen-bond donors (Lipinski definition) is 2. The summed E-state index contributed by atoms with van der Waals surface area (Å²) in [6.45, 7) is 2.08. The number of rotatable bonds is 5. The van der Waals surface area contributed by atoms with Crippen LogP contribution in [0.2, 0.25) is 0 Å². The monoisotopic (exact) mass is 318 g/mol. The zero-order valence-corrected chi connectivity index (χ0v) is 13.1. The number of carboxylic acid groups (broad SMARTS) is 1. The lowest BCUT2D eigenvalue weighted by Crippen LogP contribution is -2.57. The van der Waals surface area contributed by atoms with Gasteiger partial charge in [-0.3, -0.25) is 4.79 Å². The predicted octanol–water partition coefficient (Wildman–Crippen LogP) is 0.0275. The molecule has 2 unspecified atom stereocenters. The van der Waals surface area contributed by atoms with Crippen LogP contribution in [0.3, 0.4) is 0 Å². The van der Waals surface area contributed by atoms with Crippen molar-refractivity contribution in [2.75, 3.05) is 19.3 Å². The van der Waals surface area contributed by atoms with Gasteiger partial charge in [0.15, 0.2) is 0 Å². The quantitative estimate of drug-likeness (QED) is 0.744. The molecule has 7 nitrogen and oxygen atoms in total. The molecule has 1 saturated heterocycles. The highest BCUT2D eigenvalue weighted by atomic mass is 32.2. The molecule has 0 spiro atoms. The minimum atomic E-state index is -3.32. The van der Waals surface area contributed by atoms with Gasteiger partial charge in [-0.15, -0.1) is 0 Å². The van der Waals surface area contributed by atoms with Crippen molar-refractivity contribution in [2.24, 2.45) is 11.8 Å². The molecule has 1 amide bonds. The number of piperidine rings is 1. The Morgan fingerprint density at radius 3 is 2.38 bits per heavy atom. The van der Waals surface area contributed by atoms with Gasteiger partial charge >= 0.3 is 5.97 Å². The summed E-state index contributed by atoms with van der Waals surface area (Å²) in [5.41, 5.74) is -1.25. The first-order chi connectivity index (χ1) is 9.64. The summed E-state index contributed by atoms with van der Waals surface area (Å²) < 4.78 is 24.4. The minimum Gasteiger partial charge on any atom is -0.480 e. The molecule has 1 heterocycles. The highest BCUT2D eigenvalue weighted by molar-refractivity contribution is 7.88. The van der Waals surface area contributed by atoms with Gasteiger partial charge in [0.05, 0.1) is 12.2 Å². The molecule has 0 aromatic rings. The van der Waals surface area contributed by atoms with Crippen LogP contribution in [0.1, 0.15) is 32.6 Å². The molecule has 0 bridgehead atoms. The van der Waals surface area contributed by atoms with Gasteiger partial charge in [0.25, 0.3) is 0 Å². The number of amides is 1. The summed E-state index contributed by atoms with van der Waals surface area (Å²) in [7, 11) is -3.32. The van der Waals surface area contributed by atoms with Crippen LogP contribution in [-0.2, 0) is 19.6 Å². The van der Waals surface area contributed by atoms with E-state index in [1.807, 2.05) is 0 Å². The molecular formula is C13H22N2O5S. The average Bonchev–Trinajstić information content (AvgIpc) is 3.22. The zero-order chi connectivity index (χ0) is 15.8. The lowest BCUT2D eigenvalue weighted by atomic mass is 9.92. The molecule has 8 heteroatoms. The van der Waals surface area contributed by atoms with Crippen LogP contribution in [-0.4, -0.2) is 54.6 Å². The lowest BCUT2D eigenvalue weighted by molar-refractivity contribution is -0.148. The van der Waals surface area contributed by atoms with Gasteiger partial charge in [-0.05, 0) is 38.5 Å². The fraction of sp³-hybridized carbons (Fsp3) is 0.846. The van der Waals surface area contributed by atoms with E-state index in [0.717, 1.165) is 19.1 Å². The largest absolute Gasteiger partial charge is 0.480 e. The molecular weight excluding hydrogens is 296 g/mol. The highest BCUT2D eigenvalue weighted by Gasteiger charge is 2.49. The van der Waals surface area contributed by atoms with Crippen molar-refractivity contribution < 1.29 is 23.1 Å². The third kappa shape index (κ3) is 3.55. The second-order valence-corrected chi connectivity index (χ2v) is 8.21. The van der Waals surface area contributed by atoms with E-state index in [1.165, 1.54) is 11.2 Å². The SMILES string of the molecule is CC(NC(=O)C1CCCN(S(C)(=O)=O)C1)(C(=O)O)C1CC1. The number of hydrogen-bond acceptors (Lipinski definition) is 4. The summed E-state index contributed by atoms with van der Waals surface area (Å²) >= 11 is 0. The topological polar surface area (TPSA) is 104 Å². The van der Waals surface area contributed by atoms with E-state index in [9.17, 15) is 23.1 Å². The molecule has 21 heavy (non-hydrogen) atoms. The van der Waals surface area contributed by atoms with Crippen LogP contribution in [0.4, 0.5) is 0 Å². The number of carbonyl (C=O) groups is 2. The van der Waals surface area contributed by atoms with E-state index in [4.69, 9.17) is 0 Å². The lowest BCUT2D eigenvalue weighted by Gasteiger charge is -2.33. The second kappa shape index (κ2) is 5.57. The maximum atomic E-state index is 12.3. The van der Waals surface area contributed by atoms with Crippen LogP contribution in [0.25, 0.3) is 0 Å². The van der Waals surface area contributed by atoms with Gasteiger partial charge in [-0.25, -0.2) is 17.5 Å². The molecule has 2 N–H and O–H groups in total. The van der Waals surface area contributed by atoms with Crippen molar-refractivity contribution in [3.63, 3.8) is 0 Å². The molecule has 1 aliphatic heterocycles. The van der Waals surface area contributed by atoms with Crippen LogP contribution in [0, 0.1) is 11.8 Å². The Morgan fingerprint density at radius 1 is 1.29 bits per heavy atom. The number of sulfonamides is 1. The highest BCUT2D eigenvalue weighted by Crippen LogP contribution is 2.40. The van der Waals surface area contributed by atoms with Crippen molar-refractivity contribution in [2.45, 2.75) is 38.1 Å². The van der Waals surface area contributed by atoms with Gasteiger partial charge in [-0.2, -0.15) is 0 Å². The molecule has 1 aliphatic carbocycles. The van der Waals surface area contributed by atoms with Crippen molar-refractivity contribution in [3.8, 4) is 0 Å². The van der Waals surface area contributed by atoms with Crippen LogP contribution in [0.5, 0.6) is 0 Å². The number of carboxylic acids is 1. The van der Waals surface area contributed by atoms with E-state index in [2.05, 4.69) is 5.32 Å². The van der Waals surface area contributed by atoms with Crippen molar-refractivity contribution in [1.29, 1.82) is 0 Å². The number of nitrogens with one attached hydrogen (secondary N) is 1. The Labute approximate surface area is 124 Å². The maximum absolute atomic E-state index is 12.3. The number of nitrogens with zero attached hydrogens (tertiary/aromatic N) is 1. The summed E-state index contributed by atoms with van der Waals surface area (Å²) in [5.74, 6) is -1.91. The normalized spacial score (nSPS) is 26.9. The molecule has 2 rings (SSSR count). The van der Waals surface area contributed by atoms with E-state index >= 15 is 0 Å². The third-order valence-corrected chi connectivity index (χ3v) is 5.71. The molecule has 1 saturated carbocycles. The van der Waals surface area contributed by atoms with Gasteiger partial charge in [0.1, 0.15) is 5.54 Å². The van der Waals surface area contributed by atoms with E-state index in [-0.39, 0.29) is 18.4 Å². The number of aliphatic carboxylic acids is 1. The Hall–Kier alpha value is -1.15. The van der Waals surface area contributed by atoms with Gasteiger partial charge in [0.2, 0.25) is 15.9 Å². The first kappa shape index (κ1) is 16.2. The van der Waals surface area contributed by atoms with Gasteiger partial charge in [-0.1, -0.05) is 0 Å². The standard InChI is InChI=1S/C13H22N2O5S/c1-13(12(17)18,10-5-6-10)14-11(16)9-4-3-7-15(8-9)21(2,19)20/h9-10H,3-8H2,1-2H3,(H,14,16)(H,17,18). The maximum Gasteiger partial charge on any atom is 0.329 e. The first-order valence-electron chi connectivity index (χ1n) is 7.15. The summed E-state index contributed by atoms with van der Waals surface area (Å²) in [5, 5.41) is 12.0. The zero-order valence-electron chi connectivity index (χ0n) is 12.3. The molecule has 0 radical (unpaired) electrons. The molecule has 120 valence electrons. The average molecular weight is 318 g/mol. The fourth-order valence-corrected chi connectivity index (χ4v) is 3.72. The Morgan fingerprint density at radius 2 is 1.90 bits per heavy atom. The van der Waals surface area contributed by atoms with E-state index < -0.39 is 27.4 Å². The van der Waals surface area contributed by atoms with Crippen LogP contribution < -0.4 is 5.32 Å². The van der Waals surface area contributed by atoms with Crippen LogP contribution in [0.15, 0.2) is 0 Å². The molecule has 2 atom stereocenters. The molecule has 2 aliphatic rings. The van der Waals surface area contributed by atoms with Crippen LogP contribution >= 0.6 is 0 Å². The minimum absolute atomic E-state index is 0.0337. The molecule has 0 aromatic carbocycles. The van der Waals surface area contributed by atoms with Gasteiger partial charge < -0.3 is 10.4 Å². The smallest absolute Gasteiger partial charge is 0.329 e. The van der Waals surface area contributed by atoms with Crippen molar-refractivity contribution >= 4 is 21.9 Å². The second-order valence-electron chi connectivity index (χ2n) is 6.23. The van der Waals surface area contributed by atoms with Gasteiger partial charge in [0, 0.05) is 13.1 Å². The first-order valence-corrected chi connectivity index (χ1v) is 9.00. The number of carbonyl (C=O) groups excluding carboxylic acids is 1. The fourth-order valence-electron chi connectivity index (χ4n) is 2.81. The molecule has 0 aromatic heterocycles. The Bertz CT molecular complexity index is 543. The summed E-state index contributed by atoms with van der Waals surface area (Å²) in [4.78, 5) is 23.8. The summed E-state index contributed by atoms with van der Waals surface area (Å²) in [6.07, 6.45) is 3.90.